The molecule has 5 heteroatoms. The number of aryl methyl sites for hydroxylation is 1. The van der Waals surface area contributed by atoms with Gasteiger partial charge in [0.2, 0.25) is 0 Å². The zero-order valence-corrected chi connectivity index (χ0v) is 13.2. The molecule has 0 radical (unpaired) electrons. The topological polar surface area (TPSA) is 29.9 Å². The van der Waals surface area contributed by atoms with Gasteiger partial charge in [0.1, 0.15) is 5.82 Å². The van der Waals surface area contributed by atoms with Crippen molar-refractivity contribution >= 4 is 23.2 Å². The van der Waals surface area contributed by atoms with Crippen molar-refractivity contribution in [2.75, 3.05) is 6.54 Å². The molecule has 0 saturated heterocycles. The summed E-state index contributed by atoms with van der Waals surface area (Å²) in [5.41, 5.74) is 0.890. The minimum atomic E-state index is -0.0947. The molecule has 20 heavy (non-hydrogen) atoms. The van der Waals surface area contributed by atoms with Gasteiger partial charge in [-0.2, -0.15) is 0 Å². The van der Waals surface area contributed by atoms with Crippen molar-refractivity contribution < 1.29 is 0 Å². The van der Waals surface area contributed by atoms with Crippen LogP contribution in [0.1, 0.15) is 37.7 Å². The van der Waals surface area contributed by atoms with Crippen LogP contribution in [0.2, 0.25) is 10.0 Å². The van der Waals surface area contributed by atoms with Gasteiger partial charge in [0.15, 0.2) is 0 Å². The van der Waals surface area contributed by atoms with E-state index in [9.17, 15) is 0 Å². The predicted molar refractivity (Wildman–Crippen MR) is 84.5 cm³/mol. The summed E-state index contributed by atoms with van der Waals surface area (Å²) in [5, 5.41) is 4.75. The third-order valence-corrected chi connectivity index (χ3v) is 3.83. The zero-order valence-electron chi connectivity index (χ0n) is 11.7. The molecule has 0 spiro atoms. The number of rotatable bonds is 6. The van der Waals surface area contributed by atoms with Crippen LogP contribution in [0.5, 0.6) is 0 Å². The minimum absolute atomic E-state index is 0.0947. The van der Waals surface area contributed by atoms with Crippen molar-refractivity contribution in [1.82, 2.24) is 14.9 Å². The molecule has 108 valence electrons. The van der Waals surface area contributed by atoms with Crippen molar-refractivity contribution in [3.63, 3.8) is 0 Å². The van der Waals surface area contributed by atoms with E-state index >= 15 is 0 Å². The molecule has 0 aliphatic rings. The molecule has 0 fully saturated rings. The van der Waals surface area contributed by atoms with Gasteiger partial charge in [-0.15, -0.1) is 0 Å². The maximum Gasteiger partial charge on any atom is 0.130 e. The fraction of sp³-hybridized carbons (Fsp3) is 0.400. The highest BCUT2D eigenvalue weighted by Gasteiger charge is 2.23. The third-order valence-electron chi connectivity index (χ3n) is 3.17. The van der Waals surface area contributed by atoms with E-state index in [4.69, 9.17) is 23.2 Å². The second-order valence-electron chi connectivity index (χ2n) is 4.60. The Kier molecular flexibility index (Phi) is 5.46. The molecule has 2 aromatic rings. The highest BCUT2D eigenvalue weighted by Crippen LogP contribution is 2.33. The van der Waals surface area contributed by atoms with E-state index in [0.29, 0.717) is 10.0 Å². The maximum absolute atomic E-state index is 6.34. The third kappa shape index (κ3) is 3.17. The van der Waals surface area contributed by atoms with Gasteiger partial charge in [-0.3, -0.25) is 0 Å². The number of hydrogen-bond donors (Lipinski definition) is 1. The Morgan fingerprint density at radius 3 is 2.55 bits per heavy atom. The first-order valence-electron chi connectivity index (χ1n) is 6.87. The lowest BCUT2D eigenvalue weighted by atomic mass is 10.1. The molecular formula is C15H19Cl2N3. The highest BCUT2D eigenvalue weighted by atomic mass is 35.5. The van der Waals surface area contributed by atoms with E-state index in [2.05, 4.69) is 28.7 Å². The van der Waals surface area contributed by atoms with Crippen molar-refractivity contribution in [2.45, 2.75) is 32.9 Å². The van der Waals surface area contributed by atoms with Crippen molar-refractivity contribution in [3.05, 3.63) is 52.0 Å². The number of halogens is 2. The number of hydrogen-bond acceptors (Lipinski definition) is 2. The van der Waals surface area contributed by atoms with Gasteiger partial charge in [-0.1, -0.05) is 43.1 Å². The summed E-state index contributed by atoms with van der Waals surface area (Å²) in [6, 6.07) is 5.48. The Labute approximate surface area is 129 Å². The summed E-state index contributed by atoms with van der Waals surface area (Å²) >= 11 is 12.7. The maximum atomic E-state index is 6.34. The molecule has 1 N–H and O–H groups in total. The standard InChI is InChI=1S/C15H19Cl2N3/c1-3-9-20-10-8-19-15(20)14(18-4-2)13-11(16)6-5-7-12(13)17/h5-8,10,14,18H,3-4,9H2,1-2H3. The SMILES string of the molecule is CCCn1ccnc1C(NCC)c1c(Cl)cccc1Cl. The Morgan fingerprint density at radius 2 is 1.95 bits per heavy atom. The quantitative estimate of drug-likeness (QED) is 0.862. The molecule has 1 aromatic carbocycles. The summed E-state index contributed by atoms with van der Waals surface area (Å²) < 4.78 is 2.15. The lowest BCUT2D eigenvalue weighted by Crippen LogP contribution is -2.26. The smallest absolute Gasteiger partial charge is 0.130 e. The Bertz CT molecular complexity index is 546. The van der Waals surface area contributed by atoms with Crippen LogP contribution >= 0.6 is 23.2 Å². The van der Waals surface area contributed by atoms with Crippen molar-refractivity contribution in [2.24, 2.45) is 0 Å². The number of imidazole rings is 1. The Morgan fingerprint density at radius 1 is 1.25 bits per heavy atom. The van der Waals surface area contributed by atoms with Gasteiger partial charge >= 0.3 is 0 Å². The average molecular weight is 312 g/mol. The first-order chi connectivity index (χ1) is 9.69. The minimum Gasteiger partial charge on any atom is -0.333 e. The molecule has 0 aliphatic carbocycles. The Hall–Kier alpha value is -1.03. The molecular weight excluding hydrogens is 293 g/mol. The van der Waals surface area contributed by atoms with Crippen molar-refractivity contribution in [3.8, 4) is 0 Å². The van der Waals surface area contributed by atoms with Crippen LogP contribution < -0.4 is 5.32 Å². The van der Waals surface area contributed by atoms with Gasteiger partial charge in [0.05, 0.1) is 6.04 Å². The molecule has 2 rings (SSSR count). The average Bonchev–Trinajstić information content (AvgIpc) is 2.86. The van der Waals surface area contributed by atoms with E-state index < -0.39 is 0 Å². The van der Waals surface area contributed by atoms with Gasteiger partial charge in [0, 0.05) is 34.5 Å². The number of benzene rings is 1. The molecule has 0 aliphatic heterocycles. The van der Waals surface area contributed by atoms with Gasteiger partial charge in [0.25, 0.3) is 0 Å². The summed E-state index contributed by atoms with van der Waals surface area (Å²) in [6.45, 7) is 5.95. The van der Waals surface area contributed by atoms with Crippen LogP contribution in [0.3, 0.4) is 0 Å². The first kappa shape index (κ1) is 15.4. The molecule has 1 atom stereocenters. The molecule has 1 unspecified atom stereocenters. The molecule has 0 bridgehead atoms. The molecule has 1 heterocycles. The lowest BCUT2D eigenvalue weighted by molar-refractivity contribution is 0.544. The second-order valence-corrected chi connectivity index (χ2v) is 5.42. The largest absolute Gasteiger partial charge is 0.333 e. The molecule has 0 saturated carbocycles. The first-order valence-corrected chi connectivity index (χ1v) is 7.62. The highest BCUT2D eigenvalue weighted by molar-refractivity contribution is 6.36. The summed E-state index contributed by atoms with van der Waals surface area (Å²) in [5.74, 6) is 0.948. The van der Waals surface area contributed by atoms with Crippen LogP contribution in [0.25, 0.3) is 0 Å². The predicted octanol–water partition coefficient (Wildman–Crippen LogP) is 4.30. The van der Waals surface area contributed by atoms with Gasteiger partial charge < -0.3 is 9.88 Å². The monoisotopic (exact) mass is 311 g/mol. The van der Waals surface area contributed by atoms with E-state index in [1.165, 1.54) is 0 Å². The van der Waals surface area contributed by atoms with Crippen LogP contribution in [-0.4, -0.2) is 16.1 Å². The number of nitrogens with zero attached hydrogens (tertiary/aromatic N) is 2. The van der Waals surface area contributed by atoms with Crippen LogP contribution in [0, 0.1) is 0 Å². The van der Waals surface area contributed by atoms with E-state index in [-0.39, 0.29) is 6.04 Å². The number of aromatic nitrogens is 2. The molecule has 1 aromatic heterocycles. The summed E-state index contributed by atoms with van der Waals surface area (Å²) in [7, 11) is 0. The van der Waals surface area contributed by atoms with Gasteiger partial charge in [-0.25, -0.2) is 4.98 Å². The summed E-state index contributed by atoms with van der Waals surface area (Å²) in [6.07, 6.45) is 4.87. The molecule has 3 nitrogen and oxygen atoms in total. The van der Waals surface area contributed by atoms with Gasteiger partial charge in [-0.05, 0) is 25.1 Å². The zero-order chi connectivity index (χ0) is 14.5. The molecule has 0 amide bonds. The van der Waals surface area contributed by atoms with Crippen LogP contribution in [0.4, 0.5) is 0 Å². The number of nitrogens with one attached hydrogen (secondary N) is 1. The second kappa shape index (κ2) is 7.11. The normalized spacial score (nSPS) is 12.6. The fourth-order valence-corrected chi connectivity index (χ4v) is 2.94. The Balaban J connectivity index is 2.48. The van der Waals surface area contributed by atoms with Crippen LogP contribution in [0.15, 0.2) is 30.6 Å². The van der Waals surface area contributed by atoms with E-state index in [1.54, 1.807) is 0 Å². The van der Waals surface area contributed by atoms with E-state index in [1.807, 2.05) is 30.6 Å². The summed E-state index contributed by atoms with van der Waals surface area (Å²) in [4.78, 5) is 4.50. The van der Waals surface area contributed by atoms with Crippen molar-refractivity contribution in [1.29, 1.82) is 0 Å². The fourth-order valence-electron chi connectivity index (χ4n) is 2.32. The van der Waals surface area contributed by atoms with E-state index in [0.717, 1.165) is 30.9 Å². The van der Waals surface area contributed by atoms with Crippen LogP contribution in [-0.2, 0) is 6.54 Å². The lowest BCUT2D eigenvalue weighted by Gasteiger charge is -2.21.